The monoisotopic (exact) mass is 257 g/mol. The summed E-state index contributed by atoms with van der Waals surface area (Å²) in [6.45, 7) is 0.832. The van der Waals surface area contributed by atoms with E-state index >= 15 is 0 Å². The predicted molar refractivity (Wildman–Crippen MR) is 72.8 cm³/mol. The van der Waals surface area contributed by atoms with Gasteiger partial charge in [0, 0.05) is 13.0 Å². The van der Waals surface area contributed by atoms with Gasteiger partial charge in [0.25, 0.3) is 0 Å². The Hall–Kier alpha value is -1.68. The Balaban J connectivity index is 1.58. The lowest BCUT2D eigenvalue weighted by Crippen LogP contribution is -2.12. The standard InChI is InChI=1S/C15H19N3O/c1-2-6-12(7-3-1)9-10-14-16-15(18-17-14)13-8-4-5-11-19-13/h1-3,6-7,13H,4-5,8-11H2,(H,16,17,18). The summed E-state index contributed by atoms with van der Waals surface area (Å²) in [6, 6.07) is 10.5. The van der Waals surface area contributed by atoms with Crippen LogP contribution in [-0.2, 0) is 17.6 Å². The van der Waals surface area contributed by atoms with E-state index in [0.29, 0.717) is 0 Å². The van der Waals surface area contributed by atoms with Crippen molar-refractivity contribution in [1.82, 2.24) is 15.2 Å². The third kappa shape index (κ3) is 3.20. The molecule has 1 aromatic carbocycles. The molecule has 4 nitrogen and oxygen atoms in total. The van der Waals surface area contributed by atoms with E-state index in [9.17, 15) is 0 Å². The van der Waals surface area contributed by atoms with E-state index in [-0.39, 0.29) is 6.10 Å². The van der Waals surface area contributed by atoms with E-state index in [1.165, 1.54) is 12.0 Å². The van der Waals surface area contributed by atoms with Crippen molar-refractivity contribution >= 4 is 0 Å². The molecule has 1 atom stereocenters. The van der Waals surface area contributed by atoms with Crippen molar-refractivity contribution in [1.29, 1.82) is 0 Å². The molecule has 1 aliphatic rings. The fraction of sp³-hybridized carbons (Fsp3) is 0.467. The highest BCUT2D eigenvalue weighted by Crippen LogP contribution is 2.25. The zero-order valence-corrected chi connectivity index (χ0v) is 11.0. The first-order valence-corrected chi connectivity index (χ1v) is 6.98. The van der Waals surface area contributed by atoms with Crippen molar-refractivity contribution in [2.45, 2.75) is 38.2 Å². The molecule has 2 heterocycles. The Morgan fingerprint density at radius 2 is 2.05 bits per heavy atom. The number of nitrogens with zero attached hydrogens (tertiary/aromatic N) is 2. The van der Waals surface area contributed by atoms with Crippen LogP contribution in [0, 0.1) is 0 Å². The number of rotatable bonds is 4. The van der Waals surface area contributed by atoms with Crippen molar-refractivity contribution in [3.8, 4) is 0 Å². The summed E-state index contributed by atoms with van der Waals surface area (Å²) in [5.41, 5.74) is 1.33. The van der Waals surface area contributed by atoms with Crippen molar-refractivity contribution < 1.29 is 4.74 Å². The summed E-state index contributed by atoms with van der Waals surface area (Å²) in [7, 11) is 0. The van der Waals surface area contributed by atoms with Gasteiger partial charge in [0.05, 0.1) is 0 Å². The van der Waals surface area contributed by atoms with E-state index < -0.39 is 0 Å². The van der Waals surface area contributed by atoms with Crippen molar-refractivity contribution in [2.75, 3.05) is 6.61 Å². The number of benzene rings is 1. The molecule has 4 heteroatoms. The van der Waals surface area contributed by atoms with Crippen LogP contribution in [0.1, 0.15) is 42.6 Å². The SMILES string of the molecule is c1ccc(CCc2nc(C3CCCCO3)n[nH]2)cc1. The second-order valence-corrected chi connectivity index (χ2v) is 4.98. The van der Waals surface area contributed by atoms with Gasteiger partial charge in [-0.15, -0.1) is 0 Å². The molecule has 1 N–H and O–H groups in total. The number of ether oxygens (including phenoxy) is 1. The lowest BCUT2D eigenvalue weighted by molar-refractivity contribution is 0.00963. The number of aromatic amines is 1. The summed E-state index contributed by atoms with van der Waals surface area (Å²) in [5, 5.41) is 7.32. The molecule has 1 unspecified atom stereocenters. The molecule has 0 amide bonds. The second-order valence-electron chi connectivity index (χ2n) is 4.98. The van der Waals surface area contributed by atoms with Crippen LogP contribution in [0.3, 0.4) is 0 Å². The Labute approximate surface area is 113 Å². The molecular weight excluding hydrogens is 238 g/mol. The lowest BCUT2D eigenvalue weighted by atomic mass is 10.1. The third-order valence-electron chi connectivity index (χ3n) is 3.51. The van der Waals surface area contributed by atoms with Crippen LogP contribution in [0.2, 0.25) is 0 Å². The summed E-state index contributed by atoms with van der Waals surface area (Å²) >= 11 is 0. The van der Waals surface area contributed by atoms with E-state index in [1.807, 2.05) is 6.07 Å². The number of aryl methyl sites for hydroxylation is 2. The fourth-order valence-electron chi connectivity index (χ4n) is 2.42. The molecule has 1 aromatic heterocycles. The third-order valence-corrected chi connectivity index (χ3v) is 3.51. The van der Waals surface area contributed by atoms with Crippen molar-refractivity contribution in [3.63, 3.8) is 0 Å². The molecule has 0 radical (unpaired) electrons. The second kappa shape index (κ2) is 5.97. The van der Waals surface area contributed by atoms with Crippen LogP contribution < -0.4 is 0 Å². The molecule has 3 rings (SSSR count). The minimum Gasteiger partial charge on any atom is -0.370 e. The van der Waals surface area contributed by atoms with Crippen LogP contribution in [-0.4, -0.2) is 21.8 Å². The largest absolute Gasteiger partial charge is 0.370 e. The Morgan fingerprint density at radius 3 is 2.84 bits per heavy atom. The summed E-state index contributed by atoms with van der Waals surface area (Å²) in [5.74, 6) is 1.77. The van der Waals surface area contributed by atoms with Gasteiger partial charge < -0.3 is 4.74 Å². The zero-order chi connectivity index (χ0) is 12.9. The summed E-state index contributed by atoms with van der Waals surface area (Å²) < 4.78 is 5.70. The molecule has 0 bridgehead atoms. The van der Waals surface area contributed by atoms with Crippen LogP contribution in [0.4, 0.5) is 0 Å². The molecule has 1 saturated heterocycles. The van der Waals surface area contributed by atoms with Crippen molar-refractivity contribution in [3.05, 3.63) is 47.5 Å². The van der Waals surface area contributed by atoms with Gasteiger partial charge in [-0.25, -0.2) is 4.98 Å². The molecular formula is C15H19N3O. The van der Waals surface area contributed by atoms with Gasteiger partial charge in [-0.1, -0.05) is 30.3 Å². The normalized spacial score (nSPS) is 19.5. The quantitative estimate of drug-likeness (QED) is 0.916. The number of hydrogen-bond donors (Lipinski definition) is 1. The smallest absolute Gasteiger partial charge is 0.179 e. The van der Waals surface area contributed by atoms with Crippen LogP contribution >= 0.6 is 0 Å². The molecule has 0 aliphatic carbocycles. The van der Waals surface area contributed by atoms with Crippen LogP contribution in [0.5, 0.6) is 0 Å². The van der Waals surface area contributed by atoms with Crippen molar-refractivity contribution in [2.24, 2.45) is 0 Å². The summed E-state index contributed by atoms with van der Waals surface area (Å²) in [6.07, 6.45) is 5.37. The maximum absolute atomic E-state index is 5.70. The molecule has 0 saturated carbocycles. The zero-order valence-electron chi connectivity index (χ0n) is 11.0. The Morgan fingerprint density at radius 1 is 1.16 bits per heavy atom. The highest BCUT2D eigenvalue weighted by molar-refractivity contribution is 5.15. The minimum absolute atomic E-state index is 0.0930. The van der Waals surface area contributed by atoms with Gasteiger partial charge in [0.15, 0.2) is 5.82 Å². The van der Waals surface area contributed by atoms with E-state index in [0.717, 1.165) is 43.9 Å². The fourth-order valence-corrected chi connectivity index (χ4v) is 2.42. The first-order valence-electron chi connectivity index (χ1n) is 6.98. The van der Waals surface area contributed by atoms with E-state index in [1.54, 1.807) is 0 Å². The molecule has 2 aromatic rings. The van der Waals surface area contributed by atoms with Gasteiger partial charge in [-0.3, -0.25) is 5.10 Å². The highest BCUT2D eigenvalue weighted by Gasteiger charge is 2.20. The molecule has 100 valence electrons. The maximum Gasteiger partial charge on any atom is 0.179 e. The van der Waals surface area contributed by atoms with E-state index in [2.05, 4.69) is 39.4 Å². The minimum atomic E-state index is 0.0930. The number of hydrogen-bond acceptors (Lipinski definition) is 3. The Bertz CT molecular complexity index is 503. The Kier molecular flexibility index (Phi) is 3.89. The number of aromatic nitrogens is 3. The topological polar surface area (TPSA) is 50.8 Å². The van der Waals surface area contributed by atoms with Gasteiger partial charge in [-0.05, 0) is 31.2 Å². The van der Waals surface area contributed by atoms with Crippen LogP contribution in [0.15, 0.2) is 30.3 Å². The lowest BCUT2D eigenvalue weighted by Gasteiger charge is -2.19. The molecule has 19 heavy (non-hydrogen) atoms. The average Bonchev–Trinajstić information content (AvgIpc) is 2.96. The van der Waals surface area contributed by atoms with Gasteiger partial charge in [-0.2, -0.15) is 5.10 Å². The number of H-pyrrole nitrogens is 1. The average molecular weight is 257 g/mol. The van der Waals surface area contributed by atoms with Gasteiger partial charge in [0.1, 0.15) is 11.9 Å². The molecule has 1 fully saturated rings. The van der Waals surface area contributed by atoms with Gasteiger partial charge >= 0.3 is 0 Å². The highest BCUT2D eigenvalue weighted by atomic mass is 16.5. The van der Waals surface area contributed by atoms with E-state index in [4.69, 9.17) is 4.74 Å². The first kappa shape index (κ1) is 12.4. The van der Waals surface area contributed by atoms with Crippen LogP contribution in [0.25, 0.3) is 0 Å². The molecule has 0 spiro atoms. The maximum atomic E-state index is 5.70. The van der Waals surface area contributed by atoms with Gasteiger partial charge in [0.2, 0.25) is 0 Å². The summed E-state index contributed by atoms with van der Waals surface area (Å²) in [4.78, 5) is 4.56. The predicted octanol–water partition coefficient (Wildman–Crippen LogP) is 2.83. The first-order chi connectivity index (χ1) is 9.42. The molecule has 1 aliphatic heterocycles. The number of nitrogens with one attached hydrogen (secondary N) is 1.